The highest BCUT2D eigenvalue weighted by atomic mass is 19.4. The highest BCUT2D eigenvalue weighted by Gasteiger charge is 2.38. The zero-order valence-electron chi connectivity index (χ0n) is 15.4. The highest BCUT2D eigenvalue weighted by Crippen LogP contribution is 2.38. The molecule has 3 heterocycles. The molecule has 0 saturated carbocycles. The van der Waals surface area contributed by atoms with Crippen molar-refractivity contribution < 1.29 is 27.5 Å². The van der Waals surface area contributed by atoms with Gasteiger partial charge in [-0.05, 0) is 24.3 Å². The van der Waals surface area contributed by atoms with Crippen molar-refractivity contribution in [1.29, 1.82) is 0 Å². The topological polar surface area (TPSA) is 85.3 Å². The monoisotopic (exact) mass is 414 g/mol. The van der Waals surface area contributed by atoms with Crippen LogP contribution in [-0.4, -0.2) is 52.8 Å². The Morgan fingerprint density at radius 3 is 2.43 bits per heavy atom. The number of morpholine rings is 1. The lowest BCUT2D eigenvalue weighted by Gasteiger charge is -2.29. The second-order valence-corrected chi connectivity index (χ2v) is 6.94. The van der Waals surface area contributed by atoms with Gasteiger partial charge in [-0.15, -0.1) is 0 Å². The van der Waals surface area contributed by atoms with E-state index in [1.165, 1.54) is 24.4 Å². The third-order valence-corrected chi connectivity index (χ3v) is 5.13. The summed E-state index contributed by atoms with van der Waals surface area (Å²) in [7, 11) is 0. The van der Waals surface area contributed by atoms with Crippen LogP contribution >= 0.6 is 0 Å². The van der Waals surface area contributed by atoms with Gasteiger partial charge in [-0.2, -0.15) is 13.2 Å². The summed E-state index contributed by atoms with van der Waals surface area (Å²) in [5.74, 6) is -1.31. The van der Waals surface area contributed by atoms with Crippen LogP contribution in [0.1, 0.15) is 37.8 Å². The molecule has 1 fully saturated rings. The van der Waals surface area contributed by atoms with Gasteiger partial charge in [0.2, 0.25) is 11.6 Å². The lowest BCUT2D eigenvalue weighted by atomic mass is 9.93. The predicted molar refractivity (Wildman–Crippen MR) is 98.7 cm³/mol. The van der Waals surface area contributed by atoms with E-state index in [2.05, 4.69) is 15.0 Å². The number of hydrogen-bond acceptors (Lipinski definition) is 7. The first-order chi connectivity index (χ1) is 14.3. The molecule has 0 radical (unpaired) electrons. The Labute approximate surface area is 167 Å². The van der Waals surface area contributed by atoms with Crippen molar-refractivity contribution in [3.8, 4) is 0 Å². The number of carbonyl (C=O) groups excluding carboxylic acids is 2. The van der Waals surface area contributed by atoms with Crippen LogP contribution < -0.4 is 4.90 Å². The minimum atomic E-state index is -4.72. The number of ketones is 2. The van der Waals surface area contributed by atoms with Gasteiger partial charge in [0.1, 0.15) is 22.6 Å². The van der Waals surface area contributed by atoms with E-state index in [1.807, 2.05) is 0 Å². The van der Waals surface area contributed by atoms with E-state index in [-0.39, 0.29) is 22.5 Å². The molecule has 152 valence electrons. The quantitative estimate of drug-likeness (QED) is 0.473. The van der Waals surface area contributed by atoms with Crippen molar-refractivity contribution in [3.63, 3.8) is 0 Å². The molecule has 0 bridgehead atoms. The van der Waals surface area contributed by atoms with E-state index in [9.17, 15) is 22.8 Å². The van der Waals surface area contributed by atoms with Crippen LogP contribution in [0, 0.1) is 0 Å². The van der Waals surface area contributed by atoms with E-state index >= 15 is 0 Å². The number of anilines is 1. The van der Waals surface area contributed by atoms with Crippen molar-refractivity contribution in [2.75, 3.05) is 31.2 Å². The Morgan fingerprint density at radius 2 is 1.70 bits per heavy atom. The number of carbonyl (C=O) groups is 2. The SMILES string of the molecule is O=C1c2cccnc2C(=O)c2nc3cc(N4CCOCC4)cc(C(F)(F)F)c3nc21. The summed E-state index contributed by atoms with van der Waals surface area (Å²) in [6.45, 7) is 1.64. The second-order valence-electron chi connectivity index (χ2n) is 6.94. The van der Waals surface area contributed by atoms with Gasteiger partial charge < -0.3 is 9.64 Å². The van der Waals surface area contributed by atoms with Gasteiger partial charge in [0.15, 0.2) is 0 Å². The largest absolute Gasteiger partial charge is 0.418 e. The van der Waals surface area contributed by atoms with Crippen LogP contribution in [0.4, 0.5) is 18.9 Å². The molecular formula is C20H13F3N4O3. The zero-order chi connectivity index (χ0) is 21.0. The normalized spacial score (nSPS) is 16.6. The summed E-state index contributed by atoms with van der Waals surface area (Å²) in [5, 5.41) is 0. The summed E-state index contributed by atoms with van der Waals surface area (Å²) in [6, 6.07) is 5.32. The number of hydrogen-bond donors (Lipinski definition) is 0. The predicted octanol–water partition coefficient (Wildman–Crippen LogP) is 2.66. The molecule has 1 aliphatic heterocycles. The van der Waals surface area contributed by atoms with Crippen LogP contribution in [0.15, 0.2) is 30.5 Å². The Bertz CT molecular complexity index is 1220. The number of halogens is 3. The molecule has 10 heteroatoms. The van der Waals surface area contributed by atoms with Crippen LogP contribution in [0.5, 0.6) is 0 Å². The van der Waals surface area contributed by atoms with E-state index in [4.69, 9.17) is 4.74 Å². The minimum Gasteiger partial charge on any atom is -0.378 e. The van der Waals surface area contributed by atoms with Crippen molar-refractivity contribution in [2.24, 2.45) is 0 Å². The average molecular weight is 414 g/mol. The molecule has 1 saturated heterocycles. The zero-order valence-corrected chi connectivity index (χ0v) is 15.4. The molecule has 5 rings (SSSR count). The van der Waals surface area contributed by atoms with Gasteiger partial charge >= 0.3 is 6.18 Å². The number of fused-ring (bicyclic) bond motifs is 3. The number of pyridine rings is 1. The summed E-state index contributed by atoms with van der Waals surface area (Å²) < 4.78 is 46.8. The fourth-order valence-corrected chi connectivity index (χ4v) is 3.69. The molecule has 0 atom stereocenters. The standard InChI is InChI=1S/C20H13F3N4O3/c21-20(22,23)12-8-10(27-4-6-30-7-5-27)9-13-15(12)26-16-17(25-13)19(29)14-11(18(16)28)2-1-3-24-14/h1-3,8-9H,4-7H2. The Kier molecular flexibility index (Phi) is 4.07. The molecule has 0 spiro atoms. The number of nitrogens with zero attached hydrogens (tertiary/aromatic N) is 4. The van der Waals surface area contributed by atoms with Gasteiger partial charge in [0, 0.05) is 25.0 Å². The molecule has 2 aliphatic rings. The third kappa shape index (κ3) is 2.83. The van der Waals surface area contributed by atoms with Gasteiger partial charge in [0.05, 0.1) is 29.9 Å². The fraction of sp³-hybridized carbons (Fsp3) is 0.250. The first-order valence-corrected chi connectivity index (χ1v) is 9.14. The highest BCUT2D eigenvalue weighted by molar-refractivity contribution is 6.26. The van der Waals surface area contributed by atoms with Gasteiger partial charge in [0.25, 0.3) is 0 Å². The molecule has 30 heavy (non-hydrogen) atoms. The minimum absolute atomic E-state index is 0.00199. The number of alkyl halides is 3. The number of aromatic nitrogens is 3. The Balaban J connectivity index is 1.76. The Morgan fingerprint density at radius 1 is 0.967 bits per heavy atom. The molecule has 1 aliphatic carbocycles. The molecule has 1 aromatic carbocycles. The molecule has 0 N–H and O–H groups in total. The summed E-state index contributed by atoms with van der Waals surface area (Å²) in [4.78, 5) is 39.4. The average Bonchev–Trinajstić information content (AvgIpc) is 2.75. The first kappa shape index (κ1) is 18.6. The van der Waals surface area contributed by atoms with Crippen LogP contribution in [0.2, 0.25) is 0 Å². The molecule has 0 unspecified atom stereocenters. The summed E-state index contributed by atoms with van der Waals surface area (Å²) >= 11 is 0. The number of rotatable bonds is 1. The lowest BCUT2D eigenvalue weighted by Crippen LogP contribution is -2.36. The van der Waals surface area contributed by atoms with E-state index in [0.29, 0.717) is 32.0 Å². The fourth-order valence-electron chi connectivity index (χ4n) is 3.69. The second kappa shape index (κ2) is 6.56. The third-order valence-electron chi connectivity index (χ3n) is 5.13. The lowest BCUT2D eigenvalue weighted by molar-refractivity contribution is -0.136. The summed E-state index contributed by atoms with van der Waals surface area (Å²) in [6.07, 6.45) is -3.35. The van der Waals surface area contributed by atoms with E-state index in [0.717, 1.165) is 6.07 Å². The molecular weight excluding hydrogens is 401 g/mol. The van der Waals surface area contributed by atoms with Gasteiger partial charge in [-0.25, -0.2) is 9.97 Å². The smallest absolute Gasteiger partial charge is 0.378 e. The van der Waals surface area contributed by atoms with Crippen molar-refractivity contribution in [1.82, 2.24) is 15.0 Å². The van der Waals surface area contributed by atoms with Gasteiger partial charge in [-0.1, -0.05) is 0 Å². The van der Waals surface area contributed by atoms with Crippen LogP contribution in [0.3, 0.4) is 0 Å². The number of benzene rings is 1. The molecule has 0 amide bonds. The molecule has 2 aromatic heterocycles. The molecule has 3 aromatic rings. The maximum absolute atomic E-state index is 13.8. The Hall–Kier alpha value is -3.40. The maximum Gasteiger partial charge on any atom is 0.418 e. The van der Waals surface area contributed by atoms with E-state index < -0.39 is 34.5 Å². The maximum atomic E-state index is 13.8. The van der Waals surface area contributed by atoms with Crippen LogP contribution in [0.25, 0.3) is 11.0 Å². The number of ether oxygens (including phenoxy) is 1. The van der Waals surface area contributed by atoms with Crippen LogP contribution in [-0.2, 0) is 10.9 Å². The van der Waals surface area contributed by atoms with Gasteiger partial charge in [-0.3, -0.25) is 14.6 Å². The van der Waals surface area contributed by atoms with Crippen molar-refractivity contribution >= 4 is 28.3 Å². The van der Waals surface area contributed by atoms with Crippen molar-refractivity contribution in [3.05, 3.63) is 58.7 Å². The summed E-state index contributed by atoms with van der Waals surface area (Å²) in [5.41, 5.74) is -2.03. The first-order valence-electron chi connectivity index (χ1n) is 9.14. The van der Waals surface area contributed by atoms with E-state index in [1.54, 1.807) is 4.90 Å². The molecule has 7 nitrogen and oxygen atoms in total. The van der Waals surface area contributed by atoms with Crippen molar-refractivity contribution in [2.45, 2.75) is 6.18 Å².